The highest BCUT2D eigenvalue weighted by Gasteiger charge is 2.62. The van der Waals surface area contributed by atoms with Gasteiger partial charge in [0, 0.05) is 16.1 Å². The molecule has 0 aliphatic heterocycles. The van der Waals surface area contributed by atoms with Crippen molar-refractivity contribution in [2.75, 3.05) is 13.7 Å². The number of methoxy groups -OCH3 is 1. The maximum Gasteiger partial charge on any atom is 0.317 e. The highest BCUT2D eigenvalue weighted by atomic mass is 16.6. The molecule has 2 aromatic rings. The van der Waals surface area contributed by atoms with Crippen LogP contribution in [0.3, 0.4) is 0 Å². The molecule has 2 aromatic carbocycles. The summed E-state index contributed by atoms with van der Waals surface area (Å²) < 4.78 is 4.72. The zero-order valence-corrected chi connectivity index (χ0v) is 13.9. The van der Waals surface area contributed by atoms with Gasteiger partial charge in [-0.3, -0.25) is 24.5 Å². The van der Waals surface area contributed by atoms with Crippen molar-refractivity contribution in [3.05, 3.63) is 81.4 Å². The Balaban J connectivity index is 2.32. The van der Waals surface area contributed by atoms with Crippen molar-refractivity contribution in [1.29, 1.82) is 0 Å². The van der Waals surface area contributed by atoms with Crippen LogP contribution in [-0.4, -0.2) is 36.1 Å². The summed E-state index contributed by atoms with van der Waals surface area (Å²) in [6.45, 7) is -0.896. The summed E-state index contributed by atoms with van der Waals surface area (Å²) in [6.07, 6.45) is 0. The number of benzene rings is 2. The monoisotopic (exact) mass is 353 g/mol. The quantitative estimate of drug-likeness (QED) is 0.353. The predicted molar refractivity (Wildman–Crippen MR) is 90.6 cm³/mol. The van der Waals surface area contributed by atoms with Crippen molar-refractivity contribution in [3.8, 4) is 0 Å². The number of hydrogen-bond donors (Lipinski definition) is 0. The third kappa shape index (κ3) is 2.40. The molecule has 0 aromatic heterocycles. The number of nitrogens with zero attached hydrogens (tertiary/aromatic N) is 1. The van der Waals surface area contributed by atoms with Crippen LogP contribution in [0.2, 0.25) is 0 Å². The summed E-state index contributed by atoms with van der Waals surface area (Å²) in [6, 6.07) is 14.1. The molecule has 0 bridgehead atoms. The molecule has 1 unspecified atom stereocenters. The van der Waals surface area contributed by atoms with E-state index in [9.17, 15) is 24.5 Å². The molecule has 0 fully saturated rings. The predicted octanol–water partition coefficient (Wildman–Crippen LogP) is 2.07. The number of carbonyl (C=O) groups is 3. The highest BCUT2D eigenvalue weighted by molar-refractivity contribution is 6.34. The Hall–Kier alpha value is -3.35. The van der Waals surface area contributed by atoms with E-state index in [0.29, 0.717) is 0 Å². The number of ketones is 2. The van der Waals surface area contributed by atoms with E-state index in [-0.39, 0.29) is 16.7 Å². The van der Waals surface area contributed by atoms with Gasteiger partial charge in [-0.1, -0.05) is 54.6 Å². The molecular formula is C19H15NO6. The molecule has 1 aliphatic rings. The van der Waals surface area contributed by atoms with Gasteiger partial charge in [0.25, 0.3) is 0 Å². The number of rotatable bonds is 5. The van der Waals surface area contributed by atoms with Crippen LogP contribution in [-0.2, 0) is 14.9 Å². The molecule has 0 amide bonds. The minimum atomic E-state index is -2.01. The Bertz CT molecular complexity index is 870. The summed E-state index contributed by atoms with van der Waals surface area (Å²) in [5.41, 5.74) is -1.47. The summed E-state index contributed by atoms with van der Waals surface area (Å²) in [5.74, 6) is -3.79. The number of ether oxygens (including phenoxy) is 1. The van der Waals surface area contributed by atoms with E-state index in [1.54, 1.807) is 30.3 Å². The van der Waals surface area contributed by atoms with E-state index < -0.39 is 40.3 Å². The second-order valence-corrected chi connectivity index (χ2v) is 5.97. The van der Waals surface area contributed by atoms with Gasteiger partial charge in [0.15, 0.2) is 11.6 Å². The zero-order valence-electron chi connectivity index (χ0n) is 13.9. The van der Waals surface area contributed by atoms with Crippen molar-refractivity contribution in [2.45, 2.75) is 5.41 Å². The summed E-state index contributed by atoms with van der Waals surface area (Å²) in [7, 11) is 1.07. The summed E-state index contributed by atoms with van der Waals surface area (Å²) in [5, 5.41) is 11.2. The fourth-order valence-corrected chi connectivity index (χ4v) is 3.57. The summed E-state index contributed by atoms with van der Waals surface area (Å²) >= 11 is 0. The van der Waals surface area contributed by atoms with Crippen LogP contribution in [0.5, 0.6) is 0 Å². The van der Waals surface area contributed by atoms with E-state index in [1.807, 2.05) is 0 Å². The first-order chi connectivity index (χ1) is 12.4. The molecule has 0 saturated carbocycles. The normalized spacial score (nSPS) is 16.0. The van der Waals surface area contributed by atoms with Crippen LogP contribution >= 0.6 is 0 Å². The number of esters is 1. The van der Waals surface area contributed by atoms with Gasteiger partial charge in [0.1, 0.15) is 11.3 Å². The lowest BCUT2D eigenvalue weighted by atomic mass is 9.66. The topological polar surface area (TPSA) is 104 Å². The number of nitro groups is 1. The van der Waals surface area contributed by atoms with Crippen LogP contribution < -0.4 is 0 Å². The van der Waals surface area contributed by atoms with Gasteiger partial charge >= 0.3 is 5.97 Å². The molecule has 0 radical (unpaired) electrons. The number of Topliss-reactive ketones (excluding diaryl/α,β-unsaturated/α-hetero) is 2. The van der Waals surface area contributed by atoms with Gasteiger partial charge in [0.2, 0.25) is 6.54 Å². The van der Waals surface area contributed by atoms with Crippen LogP contribution in [0, 0.1) is 16.0 Å². The first-order valence-electron chi connectivity index (χ1n) is 7.88. The Labute approximate surface area is 148 Å². The smallest absolute Gasteiger partial charge is 0.317 e. The molecular weight excluding hydrogens is 338 g/mol. The third-order valence-electron chi connectivity index (χ3n) is 4.70. The Morgan fingerprint density at radius 1 is 1.04 bits per heavy atom. The molecule has 132 valence electrons. The van der Waals surface area contributed by atoms with E-state index in [2.05, 4.69) is 0 Å². The lowest BCUT2D eigenvalue weighted by molar-refractivity contribution is -0.487. The van der Waals surface area contributed by atoms with Gasteiger partial charge in [0.05, 0.1) is 7.11 Å². The Morgan fingerprint density at radius 2 is 1.54 bits per heavy atom. The number of carbonyl (C=O) groups excluding carboxylic acids is 3. The fraction of sp³-hybridized carbons (Fsp3) is 0.211. The van der Waals surface area contributed by atoms with Crippen molar-refractivity contribution in [1.82, 2.24) is 0 Å². The largest absolute Gasteiger partial charge is 0.469 e. The van der Waals surface area contributed by atoms with E-state index in [4.69, 9.17) is 4.74 Å². The Kier molecular flexibility index (Phi) is 4.38. The third-order valence-corrected chi connectivity index (χ3v) is 4.70. The molecule has 7 nitrogen and oxygen atoms in total. The average Bonchev–Trinajstić information content (AvgIpc) is 2.88. The molecule has 0 heterocycles. The van der Waals surface area contributed by atoms with Gasteiger partial charge in [-0.15, -0.1) is 0 Å². The van der Waals surface area contributed by atoms with Crippen LogP contribution in [0.1, 0.15) is 26.3 Å². The van der Waals surface area contributed by atoms with Crippen LogP contribution in [0.4, 0.5) is 0 Å². The second kappa shape index (κ2) is 6.51. The van der Waals surface area contributed by atoms with Gasteiger partial charge in [-0.2, -0.15) is 0 Å². The molecule has 3 rings (SSSR count). The number of fused-ring (bicyclic) bond motifs is 1. The van der Waals surface area contributed by atoms with Gasteiger partial charge in [-0.05, 0) is 5.56 Å². The lowest BCUT2D eigenvalue weighted by Crippen LogP contribution is -2.51. The average molecular weight is 353 g/mol. The highest BCUT2D eigenvalue weighted by Crippen LogP contribution is 2.45. The molecule has 26 heavy (non-hydrogen) atoms. The molecule has 1 aliphatic carbocycles. The zero-order chi connectivity index (χ0) is 18.9. The minimum absolute atomic E-state index is 0.151. The van der Waals surface area contributed by atoms with Crippen LogP contribution in [0.25, 0.3) is 0 Å². The van der Waals surface area contributed by atoms with Crippen molar-refractivity contribution in [2.24, 2.45) is 5.92 Å². The SMILES string of the molecule is COC(=O)C(C[N+](=O)[O-])C1(c2ccccc2)C(=O)c2ccccc2C1=O. The standard InChI is InChI=1S/C19H15NO6/c1-26-18(23)15(11-20(24)25)19(12-7-3-2-4-8-12)16(21)13-9-5-6-10-14(13)17(19)22/h2-10,15H,11H2,1H3. The van der Waals surface area contributed by atoms with Crippen molar-refractivity contribution < 1.29 is 24.0 Å². The first-order valence-corrected chi connectivity index (χ1v) is 7.88. The van der Waals surface area contributed by atoms with E-state index in [1.165, 1.54) is 24.3 Å². The molecule has 0 N–H and O–H groups in total. The van der Waals surface area contributed by atoms with Gasteiger partial charge in [-0.25, -0.2) is 0 Å². The summed E-state index contributed by atoms with van der Waals surface area (Å²) in [4.78, 5) is 49.6. The maximum atomic E-state index is 13.3. The van der Waals surface area contributed by atoms with Crippen LogP contribution in [0.15, 0.2) is 54.6 Å². The second-order valence-electron chi connectivity index (χ2n) is 5.97. The van der Waals surface area contributed by atoms with E-state index in [0.717, 1.165) is 7.11 Å². The molecule has 7 heteroatoms. The van der Waals surface area contributed by atoms with Crippen molar-refractivity contribution in [3.63, 3.8) is 0 Å². The molecule has 0 spiro atoms. The first kappa shape index (κ1) is 17.5. The van der Waals surface area contributed by atoms with Crippen molar-refractivity contribution >= 4 is 17.5 Å². The number of hydrogen-bond acceptors (Lipinski definition) is 6. The molecule has 0 saturated heterocycles. The Morgan fingerprint density at radius 3 is 2.00 bits per heavy atom. The molecule has 1 atom stereocenters. The minimum Gasteiger partial charge on any atom is -0.469 e. The van der Waals surface area contributed by atoms with E-state index >= 15 is 0 Å². The maximum absolute atomic E-state index is 13.3. The lowest BCUT2D eigenvalue weighted by Gasteiger charge is -2.31. The fourth-order valence-electron chi connectivity index (χ4n) is 3.57. The van der Waals surface area contributed by atoms with Gasteiger partial charge < -0.3 is 4.74 Å².